The lowest BCUT2D eigenvalue weighted by Gasteiger charge is -2.25. The Hall–Kier alpha value is -3.68. The van der Waals surface area contributed by atoms with Gasteiger partial charge >= 0.3 is 11.7 Å². The molecule has 3 aromatic rings. The second kappa shape index (κ2) is 8.82. The Morgan fingerprint density at radius 1 is 0.875 bits per heavy atom. The van der Waals surface area contributed by atoms with Crippen molar-refractivity contribution < 1.29 is 18.7 Å². The molecule has 166 valence electrons. The average Bonchev–Trinajstić information content (AvgIpc) is 2.82. The van der Waals surface area contributed by atoms with Gasteiger partial charge in [-0.3, -0.25) is 5.32 Å². The molecule has 0 spiro atoms. The summed E-state index contributed by atoms with van der Waals surface area (Å²) in [6.07, 6.45) is 5.56. The fourth-order valence-electron chi connectivity index (χ4n) is 4.26. The van der Waals surface area contributed by atoms with E-state index in [1.807, 2.05) is 18.2 Å². The number of amides is 2. The molecule has 1 aromatic heterocycles. The molecule has 2 aromatic carbocycles. The van der Waals surface area contributed by atoms with Gasteiger partial charge in [-0.25, -0.2) is 9.59 Å². The fourth-order valence-corrected chi connectivity index (χ4v) is 4.26. The Bertz CT molecular complexity index is 1200. The molecule has 8 heteroatoms. The summed E-state index contributed by atoms with van der Waals surface area (Å²) >= 11 is 0. The van der Waals surface area contributed by atoms with E-state index in [9.17, 15) is 9.59 Å². The number of nitrogens with one attached hydrogen (secondary N) is 3. The van der Waals surface area contributed by atoms with E-state index >= 15 is 0 Å². The number of rotatable bonds is 4. The minimum absolute atomic E-state index is 0.101. The van der Waals surface area contributed by atoms with Gasteiger partial charge in [-0.05, 0) is 37.1 Å². The normalized spacial score (nSPS) is 15.9. The molecule has 0 atom stereocenters. The van der Waals surface area contributed by atoms with Crippen LogP contribution in [-0.2, 0) is 0 Å². The highest BCUT2D eigenvalue weighted by Crippen LogP contribution is 2.34. The van der Waals surface area contributed by atoms with E-state index in [4.69, 9.17) is 13.9 Å². The van der Waals surface area contributed by atoms with Crippen molar-refractivity contribution in [1.29, 1.82) is 0 Å². The first-order chi connectivity index (χ1) is 15.7. The average molecular weight is 435 g/mol. The van der Waals surface area contributed by atoms with Gasteiger partial charge < -0.3 is 24.5 Å². The summed E-state index contributed by atoms with van der Waals surface area (Å²) in [5, 5.41) is 9.71. The van der Waals surface area contributed by atoms with Gasteiger partial charge in [-0.2, -0.15) is 0 Å². The standard InChI is InChI=1S/C24H25N3O5/c28-23-22(27-24(29)26-16-10-11-19-20(14-16)31-13-12-30-19)21(25-15-6-2-1-3-7-15)17-8-4-5-9-18(17)32-23/h4-5,8-11,14-15,25H,1-3,6-7,12-13H2,(H2,26,27,29). The van der Waals surface area contributed by atoms with Crippen LogP contribution in [0.5, 0.6) is 11.5 Å². The zero-order valence-corrected chi connectivity index (χ0v) is 17.6. The molecule has 2 heterocycles. The van der Waals surface area contributed by atoms with Crippen LogP contribution in [0.3, 0.4) is 0 Å². The Kier molecular flexibility index (Phi) is 5.58. The van der Waals surface area contributed by atoms with Crippen molar-refractivity contribution in [1.82, 2.24) is 0 Å². The van der Waals surface area contributed by atoms with E-state index in [0.29, 0.717) is 41.7 Å². The fraction of sp³-hybridized carbons (Fsp3) is 0.333. The number of fused-ring (bicyclic) bond motifs is 2. The minimum Gasteiger partial charge on any atom is -0.486 e. The molecule has 0 radical (unpaired) electrons. The van der Waals surface area contributed by atoms with Crippen molar-refractivity contribution in [3.05, 3.63) is 52.9 Å². The molecule has 3 N–H and O–H groups in total. The number of carbonyl (C=O) groups is 1. The van der Waals surface area contributed by atoms with E-state index in [1.165, 1.54) is 6.42 Å². The molecule has 32 heavy (non-hydrogen) atoms. The van der Waals surface area contributed by atoms with E-state index in [-0.39, 0.29) is 11.7 Å². The molecule has 5 rings (SSSR count). The summed E-state index contributed by atoms with van der Waals surface area (Å²) in [5.41, 5.74) is 1.11. The van der Waals surface area contributed by atoms with Crippen LogP contribution < -0.4 is 31.0 Å². The van der Waals surface area contributed by atoms with Crippen molar-refractivity contribution in [3.8, 4) is 11.5 Å². The molecule has 0 saturated heterocycles. The van der Waals surface area contributed by atoms with Crippen LogP contribution in [0.15, 0.2) is 51.7 Å². The van der Waals surface area contributed by atoms with Crippen LogP contribution in [-0.4, -0.2) is 25.3 Å². The van der Waals surface area contributed by atoms with Gasteiger partial charge in [0, 0.05) is 23.2 Å². The first-order valence-electron chi connectivity index (χ1n) is 11.0. The van der Waals surface area contributed by atoms with Crippen molar-refractivity contribution >= 4 is 34.1 Å². The lowest BCUT2D eigenvalue weighted by Crippen LogP contribution is -2.28. The molecular formula is C24H25N3O5. The molecule has 8 nitrogen and oxygen atoms in total. The van der Waals surface area contributed by atoms with Crippen LogP contribution in [0.25, 0.3) is 11.0 Å². The first kappa shape index (κ1) is 20.2. The lowest BCUT2D eigenvalue weighted by atomic mass is 9.95. The van der Waals surface area contributed by atoms with E-state index in [0.717, 1.165) is 31.1 Å². The van der Waals surface area contributed by atoms with Crippen molar-refractivity contribution in [2.75, 3.05) is 29.2 Å². The van der Waals surface area contributed by atoms with Crippen LogP contribution >= 0.6 is 0 Å². The maximum Gasteiger partial charge on any atom is 0.362 e. The predicted octanol–water partition coefficient (Wildman–Crippen LogP) is 4.95. The van der Waals surface area contributed by atoms with Crippen molar-refractivity contribution in [2.45, 2.75) is 38.1 Å². The molecule has 2 amide bonds. The van der Waals surface area contributed by atoms with Gasteiger partial charge in [0.25, 0.3) is 0 Å². The zero-order chi connectivity index (χ0) is 21.9. The number of anilines is 3. The van der Waals surface area contributed by atoms with E-state index in [2.05, 4.69) is 16.0 Å². The van der Waals surface area contributed by atoms with Gasteiger partial charge in [0.05, 0.1) is 5.69 Å². The number of urea groups is 1. The molecule has 1 aliphatic carbocycles. The molecule has 2 aliphatic rings. The summed E-state index contributed by atoms with van der Waals surface area (Å²) in [7, 11) is 0. The van der Waals surface area contributed by atoms with Gasteiger partial charge in [0.1, 0.15) is 18.8 Å². The monoisotopic (exact) mass is 435 g/mol. The van der Waals surface area contributed by atoms with Crippen molar-refractivity contribution in [3.63, 3.8) is 0 Å². The second-order valence-electron chi connectivity index (χ2n) is 8.05. The van der Waals surface area contributed by atoms with Crippen molar-refractivity contribution in [2.24, 2.45) is 0 Å². The Balaban J connectivity index is 1.42. The third-order valence-electron chi connectivity index (χ3n) is 5.81. The smallest absolute Gasteiger partial charge is 0.362 e. The molecule has 1 aliphatic heterocycles. The Morgan fingerprint density at radius 3 is 2.50 bits per heavy atom. The van der Waals surface area contributed by atoms with E-state index in [1.54, 1.807) is 24.3 Å². The summed E-state index contributed by atoms with van der Waals surface area (Å²) < 4.78 is 16.5. The number of para-hydroxylation sites is 1. The molecule has 0 bridgehead atoms. The van der Waals surface area contributed by atoms with Crippen LogP contribution in [0.1, 0.15) is 32.1 Å². The number of hydrogen-bond acceptors (Lipinski definition) is 6. The number of ether oxygens (including phenoxy) is 2. The minimum atomic E-state index is -0.598. The molecule has 0 unspecified atom stereocenters. The number of carbonyl (C=O) groups excluding carboxylic acids is 1. The quantitative estimate of drug-likeness (QED) is 0.501. The highest BCUT2D eigenvalue weighted by atomic mass is 16.6. The third kappa shape index (κ3) is 4.21. The summed E-state index contributed by atoms with van der Waals surface area (Å²) in [5.74, 6) is 1.20. The van der Waals surface area contributed by atoms with Gasteiger partial charge in [-0.15, -0.1) is 0 Å². The van der Waals surface area contributed by atoms with Crippen LogP contribution in [0.4, 0.5) is 21.9 Å². The van der Waals surface area contributed by atoms with Gasteiger partial charge in [0.15, 0.2) is 17.2 Å². The van der Waals surface area contributed by atoms with E-state index < -0.39 is 11.7 Å². The second-order valence-corrected chi connectivity index (χ2v) is 8.05. The van der Waals surface area contributed by atoms with Gasteiger partial charge in [-0.1, -0.05) is 31.4 Å². The summed E-state index contributed by atoms with van der Waals surface area (Å²) in [4.78, 5) is 25.6. The highest BCUT2D eigenvalue weighted by molar-refractivity contribution is 6.05. The molecular weight excluding hydrogens is 410 g/mol. The maximum atomic E-state index is 12.8. The topological polar surface area (TPSA) is 102 Å². The van der Waals surface area contributed by atoms with Gasteiger partial charge in [0.2, 0.25) is 0 Å². The summed E-state index contributed by atoms with van der Waals surface area (Å²) in [6, 6.07) is 12.2. The SMILES string of the molecule is O=C(Nc1ccc2c(c1)OCCO2)Nc1c(NC2CCCCC2)c2ccccc2oc1=O. The van der Waals surface area contributed by atoms with Crippen LogP contribution in [0, 0.1) is 0 Å². The lowest BCUT2D eigenvalue weighted by molar-refractivity contribution is 0.171. The number of hydrogen-bond donors (Lipinski definition) is 3. The number of benzene rings is 2. The molecule has 1 fully saturated rings. The Morgan fingerprint density at radius 2 is 1.66 bits per heavy atom. The summed E-state index contributed by atoms with van der Waals surface area (Å²) in [6.45, 7) is 0.950. The Labute approximate surface area is 184 Å². The highest BCUT2D eigenvalue weighted by Gasteiger charge is 2.21. The zero-order valence-electron chi connectivity index (χ0n) is 17.6. The van der Waals surface area contributed by atoms with Crippen LogP contribution in [0.2, 0.25) is 0 Å². The third-order valence-corrected chi connectivity index (χ3v) is 5.81. The molecule has 1 saturated carbocycles. The largest absolute Gasteiger partial charge is 0.486 e. The maximum absolute atomic E-state index is 12.8. The first-order valence-corrected chi connectivity index (χ1v) is 11.0. The predicted molar refractivity (Wildman–Crippen MR) is 123 cm³/mol.